The molecule has 25 heavy (non-hydrogen) atoms. The number of fused-ring (bicyclic) bond motifs is 1. The van der Waals surface area contributed by atoms with Crippen LogP contribution in [0.4, 0.5) is 5.69 Å². The lowest BCUT2D eigenvalue weighted by Gasteiger charge is -2.38. The average molecular weight is 368 g/mol. The molecule has 7 heteroatoms. The molecule has 2 aliphatic heterocycles. The van der Waals surface area contributed by atoms with Gasteiger partial charge in [0.1, 0.15) is 0 Å². The van der Waals surface area contributed by atoms with E-state index >= 15 is 0 Å². The number of hydrogen-bond acceptors (Lipinski definition) is 4. The van der Waals surface area contributed by atoms with E-state index in [0.717, 1.165) is 12.8 Å². The summed E-state index contributed by atoms with van der Waals surface area (Å²) in [6.45, 7) is 7.91. The van der Waals surface area contributed by atoms with E-state index in [2.05, 4.69) is 34.7 Å². The van der Waals surface area contributed by atoms with Crippen LogP contribution >= 0.6 is 0 Å². The summed E-state index contributed by atoms with van der Waals surface area (Å²) in [6, 6.07) is 8.82. The zero-order chi connectivity index (χ0) is 18.0. The SMILES string of the molecule is C[C@@H]1CN(S(=O)(=O)NCCN2c3ccccc3CC[C@@H]2C)C[C@H](C)O1. The molecule has 1 N–H and O–H groups in total. The maximum absolute atomic E-state index is 12.6. The van der Waals surface area contributed by atoms with E-state index in [1.807, 2.05) is 19.9 Å². The number of nitrogens with one attached hydrogen (secondary N) is 1. The number of nitrogens with zero attached hydrogens (tertiary/aromatic N) is 2. The van der Waals surface area contributed by atoms with E-state index in [0.29, 0.717) is 32.2 Å². The van der Waals surface area contributed by atoms with Gasteiger partial charge in [-0.2, -0.15) is 12.7 Å². The Hall–Kier alpha value is -1.15. The van der Waals surface area contributed by atoms with E-state index in [4.69, 9.17) is 4.74 Å². The molecule has 0 spiro atoms. The molecule has 1 fully saturated rings. The molecule has 0 saturated carbocycles. The highest BCUT2D eigenvalue weighted by Gasteiger charge is 2.31. The fraction of sp³-hybridized carbons (Fsp3) is 0.667. The number of rotatable bonds is 5. The first-order chi connectivity index (χ1) is 11.9. The van der Waals surface area contributed by atoms with Gasteiger partial charge in [0, 0.05) is 37.9 Å². The van der Waals surface area contributed by atoms with Crippen LogP contribution in [0.5, 0.6) is 0 Å². The van der Waals surface area contributed by atoms with Gasteiger partial charge in [-0.05, 0) is 45.2 Å². The molecule has 2 heterocycles. The number of morpholine rings is 1. The minimum Gasteiger partial charge on any atom is -0.373 e. The van der Waals surface area contributed by atoms with Gasteiger partial charge in [0.2, 0.25) is 0 Å². The second-order valence-electron chi connectivity index (χ2n) is 7.18. The Bertz CT molecular complexity index is 685. The van der Waals surface area contributed by atoms with Crippen molar-refractivity contribution in [1.29, 1.82) is 0 Å². The number of para-hydroxylation sites is 1. The summed E-state index contributed by atoms with van der Waals surface area (Å²) < 4.78 is 35.1. The van der Waals surface area contributed by atoms with Crippen molar-refractivity contribution in [2.75, 3.05) is 31.1 Å². The van der Waals surface area contributed by atoms with Crippen LogP contribution in [0.25, 0.3) is 0 Å². The molecule has 3 rings (SSSR count). The van der Waals surface area contributed by atoms with Crippen LogP contribution in [-0.2, 0) is 21.4 Å². The molecule has 0 aromatic heterocycles. The third-order valence-electron chi connectivity index (χ3n) is 5.03. The van der Waals surface area contributed by atoms with Gasteiger partial charge in [-0.3, -0.25) is 0 Å². The second kappa shape index (κ2) is 7.61. The zero-order valence-corrected chi connectivity index (χ0v) is 16.1. The van der Waals surface area contributed by atoms with Crippen LogP contribution in [0.3, 0.4) is 0 Å². The van der Waals surface area contributed by atoms with Gasteiger partial charge < -0.3 is 9.64 Å². The monoisotopic (exact) mass is 367 g/mol. The van der Waals surface area contributed by atoms with Crippen LogP contribution in [0, 0.1) is 0 Å². The molecule has 6 nitrogen and oxygen atoms in total. The van der Waals surface area contributed by atoms with Crippen LogP contribution in [-0.4, -0.2) is 57.2 Å². The molecule has 2 aliphatic rings. The minimum atomic E-state index is -3.47. The second-order valence-corrected chi connectivity index (χ2v) is 8.94. The Labute approximate surface area is 151 Å². The summed E-state index contributed by atoms with van der Waals surface area (Å²) in [5, 5.41) is 0. The van der Waals surface area contributed by atoms with Gasteiger partial charge in [0.05, 0.1) is 12.2 Å². The highest BCUT2D eigenvalue weighted by molar-refractivity contribution is 7.87. The van der Waals surface area contributed by atoms with Crippen LogP contribution in [0.15, 0.2) is 24.3 Å². The lowest BCUT2D eigenvalue weighted by Crippen LogP contribution is -2.53. The van der Waals surface area contributed by atoms with Gasteiger partial charge in [-0.1, -0.05) is 18.2 Å². The fourth-order valence-electron chi connectivity index (χ4n) is 3.81. The van der Waals surface area contributed by atoms with Crippen molar-refractivity contribution in [2.45, 2.75) is 51.9 Å². The van der Waals surface area contributed by atoms with E-state index in [9.17, 15) is 8.42 Å². The van der Waals surface area contributed by atoms with Crippen molar-refractivity contribution < 1.29 is 13.2 Å². The van der Waals surface area contributed by atoms with Gasteiger partial charge in [-0.25, -0.2) is 4.72 Å². The molecule has 0 amide bonds. The van der Waals surface area contributed by atoms with Gasteiger partial charge in [-0.15, -0.1) is 0 Å². The number of benzene rings is 1. The quantitative estimate of drug-likeness (QED) is 0.862. The molecule has 0 unspecified atom stereocenters. The summed E-state index contributed by atoms with van der Waals surface area (Å²) >= 11 is 0. The Kier molecular flexibility index (Phi) is 5.68. The first-order valence-corrected chi connectivity index (χ1v) is 10.6. The largest absolute Gasteiger partial charge is 0.373 e. The summed E-state index contributed by atoms with van der Waals surface area (Å²) in [4.78, 5) is 2.31. The standard InChI is InChI=1S/C18H29N3O3S/c1-14-8-9-17-6-4-5-7-18(17)21(14)11-10-19-25(22,23)20-12-15(2)24-16(3)13-20/h4-7,14-16,19H,8-13H2,1-3H3/t14-,15-,16+/m0/s1. The molecular formula is C18H29N3O3S. The van der Waals surface area contributed by atoms with Crippen LogP contribution in [0.2, 0.25) is 0 Å². The minimum absolute atomic E-state index is 0.0747. The highest BCUT2D eigenvalue weighted by atomic mass is 32.2. The molecule has 0 aliphatic carbocycles. The Morgan fingerprint density at radius 2 is 1.84 bits per heavy atom. The molecule has 0 bridgehead atoms. The smallest absolute Gasteiger partial charge is 0.279 e. The van der Waals surface area contributed by atoms with Crippen molar-refractivity contribution in [3.8, 4) is 0 Å². The Morgan fingerprint density at radius 3 is 2.56 bits per heavy atom. The van der Waals surface area contributed by atoms with Crippen molar-refractivity contribution in [1.82, 2.24) is 9.03 Å². The normalized spacial score (nSPS) is 28.0. The number of anilines is 1. The first-order valence-electron chi connectivity index (χ1n) is 9.11. The van der Waals surface area contributed by atoms with Crippen LogP contribution in [0.1, 0.15) is 32.8 Å². The summed E-state index contributed by atoms with van der Waals surface area (Å²) in [5.41, 5.74) is 2.58. The number of aryl methyl sites for hydroxylation is 1. The maximum Gasteiger partial charge on any atom is 0.279 e. The number of hydrogen-bond donors (Lipinski definition) is 1. The lowest BCUT2D eigenvalue weighted by atomic mass is 9.97. The first kappa shape index (κ1) is 18.6. The molecule has 140 valence electrons. The topological polar surface area (TPSA) is 61.9 Å². The molecule has 1 saturated heterocycles. The predicted molar refractivity (Wildman–Crippen MR) is 100 cm³/mol. The molecular weight excluding hydrogens is 338 g/mol. The zero-order valence-electron chi connectivity index (χ0n) is 15.3. The summed E-state index contributed by atoms with van der Waals surface area (Å²) in [5.74, 6) is 0. The summed E-state index contributed by atoms with van der Waals surface area (Å²) in [7, 11) is -3.47. The van der Waals surface area contributed by atoms with Gasteiger partial charge >= 0.3 is 0 Å². The predicted octanol–water partition coefficient (Wildman–Crippen LogP) is 1.77. The maximum atomic E-state index is 12.6. The van der Waals surface area contributed by atoms with E-state index in [-0.39, 0.29) is 12.2 Å². The lowest BCUT2D eigenvalue weighted by molar-refractivity contribution is -0.0443. The molecule has 3 atom stereocenters. The van der Waals surface area contributed by atoms with Gasteiger partial charge in [0.15, 0.2) is 0 Å². The van der Waals surface area contributed by atoms with Gasteiger partial charge in [0.25, 0.3) is 10.2 Å². The summed E-state index contributed by atoms with van der Waals surface area (Å²) in [6.07, 6.45) is 2.04. The average Bonchev–Trinajstić information content (AvgIpc) is 2.56. The third-order valence-corrected chi connectivity index (χ3v) is 6.57. The molecule has 0 radical (unpaired) electrons. The van der Waals surface area contributed by atoms with Crippen molar-refractivity contribution in [3.05, 3.63) is 29.8 Å². The molecule has 1 aromatic rings. The van der Waals surface area contributed by atoms with Crippen molar-refractivity contribution in [2.24, 2.45) is 0 Å². The molecule has 1 aromatic carbocycles. The number of ether oxygens (including phenoxy) is 1. The highest BCUT2D eigenvalue weighted by Crippen LogP contribution is 2.29. The van der Waals surface area contributed by atoms with Crippen molar-refractivity contribution >= 4 is 15.9 Å². The van der Waals surface area contributed by atoms with Crippen LogP contribution < -0.4 is 9.62 Å². The third kappa shape index (κ3) is 4.34. The Balaban J connectivity index is 1.61. The van der Waals surface area contributed by atoms with E-state index in [1.54, 1.807) is 0 Å². The van der Waals surface area contributed by atoms with Crippen molar-refractivity contribution in [3.63, 3.8) is 0 Å². The fourth-order valence-corrected chi connectivity index (χ4v) is 5.16. The van der Waals surface area contributed by atoms with E-state index < -0.39 is 10.2 Å². The Morgan fingerprint density at radius 1 is 1.16 bits per heavy atom. The van der Waals surface area contributed by atoms with E-state index in [1.165, 1.54) is 15.6 Å².